The second-order valence-electron chi connectivity index (χ2n) is 4.62. The predicted octanol–water partition coefficient (Wildman–Crippen LogP) is 2.56. The number of pyridine rings is 1. The minimum absolute atomic E-state index is 0.233. The van der Waals surface area contributed by atoms with Crippen molar-refractivity contribution in [3.63, 3.8) is 0 Å². The summed E-state index contributed by atoms with van der Waals surface area (Å²) in [6.07, 6.45) is 3.79. The van der Waals surface area contributed by atoms with Crippen molar-refractivity contribution in [2.45, 2.75) is 13.0 Å². The van der Waals surface area contributed by atoms with E-state index in [9.17, 15) is 9.59 Å². The summed E-state index contributed by atoms with van der Waals surface area (Å²) >= 11 is 0. The number of benzene rings is 1. The van der Waals surface area contributed by atoms with Gasteiger partial charge in [-0.05, 0) is 11.6 Å². The van der Waals surface area contributed by atoms with E-state index >= 15 is 0 Å². The van der Waals surface area contributed by atoms with E-state index in [0.29, 0.717) is 24.1 Å². The highest BCUT2D eigenvalue weighted by atomic mass is 16.5. The molecule has 0 saturated carbocycles. The monoisotopic (exact) mass is 308 g/mol. The van der Waals surface area contributed by atoms with Crippen molar-refractivity contribution in [2.24, 2.45) is 0 Å². The topological polar surface area (TPSA) is 68.3 Å². The lowest BCUT2D eigenvalue weighted by Crippen LogP contribution is -2.24. The summed E-state index contributed by atoms with van der Waals surface area (Å²) in [6, 6.07) is 11.1. The number of ether oxygens (including phenoxy) is 1. The van der Waals surface area contributed by atoms with Crippen LogP contribution in [-0.2, 0) is 11.3 Å². The summed E-state index contributed by atoms with van der Waals surface area (Å²) in [5.41, 5.74) is 2.01. The van der Waals surface area contributed by atoms with E-state index in [4.69, 9.17) is 4.74 Å². The van der Waals surface area contributed by atoms with E-state index in [1.807, 2.05) is 30.3 Å². The molecule has 0 radical (unpaired) electrons. The summed E-state index contributed by atoms with van der Waals surface area (Å²) in [5, 5.41) is 2.62. The van der Waals surface area contributed by atoms with Gasteiger partial charge in [0.1, 0.15) is 6.61 Å². The lowest BCUT2D eigenvalue weighted by Gasteiger charge is -2.05. The van der Waals surface area contributed by atoms with Crippen molar-refractivity contribution in [2.75, 3.05) is 6.54 Å². The molecule has 0 aliphatic rings. The van der Waals surface area contributed by atoms with Crippen LogP contribution in [-0.4, -0.2) is 23.9 Å². The SMILES string of the molecule is O=Cc1ccncc1C#CCCNC(=O)OCc1ccccc1. The Kier molecular flexibility index (Phi) is 6.36. The smallest absolute Gasteiger partial charge is 0.407 e. The molecule has 0 atom stereocenters. The third kappa shape index (κ3) is 5.64. The molecule has 0 bridgehead atoms. The first-order valence-electron chi connectivity index (χ1n) is 7.12. The van der Waals surface area contributed by atoms with Crippen LogP contribution in [0, 0.1) is 11.8 Å². The molecule has 0 saturated heterocycles. The number of rotatable bonds is 5. The van der Waals surface area contributed by atoms with E-state index in [1.165, 1.54) is 6.20 Å². The second kappa shape index (κ2) is 9.00. The first kappa shape index (κ1) is 16.2. The third-order valence-electron chi connectivity index (χ3n) is 2.94. The van der Waals surface area contributed by atoms with Crippen LogP contribution in [0.5, 0.6) is 0 Å². The lowest BCUT2D eigenvalue weighted by molar-refractivity contribution is 0.112. The first-order chi connectivity index (χ1) is 11.3. The summed E-state index contributed by atoms with van der Waals surface area (Å²) < 4.78 is 5.07. The molecule has 1 heterocycles. The van der Waals surface area contributed by atoms with Gasteiger partial charge in [-0.1, -0.05) is 42.2 Å². The number of alkyl carbamates (subject to hydrolysis) is 1. The van der Waals surface area contributed by atoms with Gasteiger partial charge in [0, 0.05) is 30.9 Å². The third-order valence-corrected chi connectivity index (χ3v) is 2.94. The van der Waals surface area contributed by atoms with E-state index in [0.717, 1.165) is 11.8 Å². The van der Waals surface area contributed by atoms with Crippen molar-refractivity contribution < 1.29 is 14.3 Å². The highest BCUT2D eigenvalue weighted by Crippen LogP contribution is 2.02. The van der Waals surface area contributed by atoms with Crippen LogP contribution >= 0.6 is 0 Å². The van der Waals surface area contributed by atoms with Gasteiger partial charge in [0.15, 0.2) is 6.29 Å². The summed E-state index contributed by atoms with van der Waals surface area (Å²) in [5.74, 6) is 5.75. The van der Waals surface area contributed by atoms with Crippen molar-refractivity contribution in [3.05, 3.63) is 65.5 Å². The van der Waals surface area contributed by atoms with Crippen LogP contribution in [0.2, 0.25) is 0 Å². The largest absolute Gasteiger partial charge is 0.445 e. The molecule has 0 unspecified atom stereocenters. The summed E-state index contributed by atoms with van der Waals surface area (Å²) in [7, 11) is 0. The quantitative estimate of drug-likeness (QED) is 0.523. The molecule has 5 heteroatoms. The number of hydrogen-bond acceptors (Lipinski definition) is 4. The molecule has 0 spiro atoms. The van der Waals surface area contributed by atoms with Gasteiger partial charge in [0.2, 0.25) is 0 Å². The Morgan fingerprint density at radius 3 is 2.87 bits per heavy atom. The fraction of sp³-hybridized carbons (Fsp3) is 0.167. The lowest BCUT2D eigenvalue weighted by atomic mass is 10.1. The number of amides is 1. The fourth-order valence-corrected chi connectivity index (χ4v) is 1.77. The van der Waals surface area contributed by atoms with E-state index in [-0.39, 0.29) is 6.61 Å². The van der Waals surface area contributed by atoms with Gasteiger partial charge in [-0.3, -0.25) is 9.78 Å². The molecule has 116 valence electrons. The number of carbonyl (C=O) groups excluding carboxylic acids is 2. The Morgan fingerprint density at radius 2 is 2.09 bits per heavy atom. The maximum Gasteiger partial charge on any atom is 0.407 e. The first-order valence-corrected chi connectivity index (χ1v) is 7.12. The molecule has 2 aromatic rings. The van der Waals surface area contributed by atoms with Gasteiger partial charge < -0.3 is 10.1 Å². The zero-order valence-electron chi connectivity index (χ0n) is 12.5. The molecular formula is C18H16N2O3. The van der Waals surface area contributed by atoms with Crippen molar-refractivity contribution in [3.8, 4) is 11.8 Å². The molecule has 1 aromatic heterocycles. The minimum atomic E-state index is -0.481. The zero-order valence-corrected chi connectivity index (χ0v) is 12.5. The van der Waals surface area contributed by atoms with Gasteiger partial charge in [-0.15, -0.1) is 0 Å². The van der Waals surface area contributed by atoms with Gasteiger partial charge in [0.05, 0.1) is 5.56 Å². The van der Waals surface area contributed by atoms with Crippen LogP contribution in [0.1, 0.15) is 27.9 Å². The number of carbonyl (C=O) groups is 2. The predicted molar refractivity (Wildman–Crippen MR) is 85.7 cm³/mol. The molecule has 0 aliphatic heterocycles. The summed E-state index contributed by atoms with van der Waals surface area (Å²) in [4.78, 5) is 26.3. The Balaban J connectivity index is 1.70. The molecule has 0 aliphatic carbocycles. The highest BCUT2D eigenvalue weighted by molar-refractivity contribution is 5.78. The zero-order chi connectivity index (χ0) is 16.3. The standard InChI is InChI=1S/C18H16N2O3/c21-13-17-9-11-19-12-16(17)8-4-5-10-20-18(22)23-14-15-6-2-1-3-7-15/h1-3,6-7,9,11-13H,5,10,14H2,(H,20,22). The average Bonchev–Trinajstić information content (AvgIpc) is 2.61. The van der Waals surface area contributed by atoms with Gasteiger partial charge >= 0.3 is 6.09 Å². The van der Waals surface area contributed by atoms with Gasteiger partial charge in [0.25, 0.3) is 0 Å². The molecule has 5 nitrogen and oxygen atoms in total. The minimum Gasteiger partial charge on any atom is -0.445 e. The van der Waals surface area contributed by atoms with E-state index < -0.39 is 6.09 Å². The maximum atomic E-state index is 11.5. The summed E-state index contributed by atoms with van der Waals surface area (Å²) in [6.45, 7) is 0.605. The van der Waals surface area contributed by atoms with Crippen LogP contribution < -0.4 is 5.32 Å². The number of aromatic nitrogens is 1. The van der Waals surface area contributed by atoms with Crippen LogP contribution in [0.4, 0.5) is 4.79 Å². The molecule has 1 N–H and O–H groups in total. The second-order valence-corrected chi connectivity index (χ2v) is 4.62. The normalized spacial score (nSPS) is 9.39. The fourth-order valence-electron chi connectivity index (χ4n) is 1.77. The number of aldehydes is 1. The number of nitrogens with one attached hydrogen (secondary N) is 1. The van der Waals surface area contributed by atoms with Crippen molar-refractivity contribution in [1.29, 1.82) is 0 Å². The van der Waals surface area contributed by atoms with Crippen LogP contribution in [0.25, 0.3) is 0 Å². The Hall–Kier alpha value is -3.13. The number of nitrogens with zero attached hydrogens (tertiary/aromatic N) is 1. The molecule has 0 fully saturated rings. The van der Waals surface area contributed by atoms with Crippen molar-refractivity contribution in [1.82, 2.24) is 10.3 Å². The Labute approximate surface area is 134 Å². The van der Waals surface area contributed by atoms with Crippen LogP contribution in [0.15, 0.2) is 48.8 Å². The van der Waals surface area contributed by atoms with Gasteiger partial charge in [-0.25, -0.2) is 4.79 Å². The van der Waals surface area contributed by atoms with Gasteiger partial charge in [-0.2, -0.15) is 0 Å². The molecule has 1 aromatic carbocycles. The van der Waals surface area contributed by atoms with E-state index in [1.54, 1.807) is 12.3 Å². The Morgan fingerprint density at radius 1 is 1.26 bits per heavy atom. The average molecular weight is 308 g/mol. The number of hydrogen-bond donors (Lipinski definition) is 1. The molecule has 2 rings (SSSR count). The molecular weight excluding hydrogens is 292 g/mol. The maximum absolute atomic E-state index is 11.5. The van der Waals surface area contributed by atoms with E-state index in [2.05, 4.69) is 22.1 Å². The Bertz CT molecular complexity index is 718. The molecule has 1 amide bonds. The van der Waals surface area contributed by atoms with Crippen molar-refractivity contribution >= 4 is 12.4 Å². The van der Waals surface area contributed by atoms with Crippen LogP contribution in [0.3, 0.4) is 0 Å². The highest BCUT2D eigenvalue weighted by Gasteiger charge is 2.01. The molecule has 23 heavy (non-hydrogen) atoms.